The standard InChI is InChI=1S/C14H14N2O4S/c17-11-6-9-5-8(1-2-10(9)15-11)12(18)16-14(13(19)20)3-4-21-7-14/h1-2,5H,3-4,6-7H2,(H,15,17)(H,16,18)(H,19,20). The van der Waals surface area contributed by atoms with Gasteiger partial charge in [-0.25, -0.2) is 4.79 Å². The van der Waals surface area contributed by atoms with E-state index < -0.39 is 17.4 Å². The SMILES string of the molecule is O=C1Cc2cc(C(=O)NC3(C(=O)O)CCSC3)ccc2N1. The van der Waals surface area contributed by atoms with Gasteiger partial charge in [-0.15, -0.1) is 0 Å². The van der Waals surface area contributed by atoms with Gasteiger partial charge in [-0.1, -0.05) is 0 Å². The van der Waals surface area contributed by atoms with Crippen molar-refractivity contribution in [2.75, 3.05) is 16.8 Å². The van der Waals surface area contributed by atoms with Gasteiger partial charge in [-0.2, -0.15) is 11.8 Å². The van der Waals surface area contributed by atoms with Crippen molar-refractivity contribution in [3.8, 4) is 0 Å². The molecule has 0 aliphatic carbocycles. The van der Waals surface area contributed by atoms with Crippen LogP contribution in [0.25, 0.3) is 0 Å². The van der Waals surface area contributed by atoms with Crippen LogP contribution in [0.2, 0.25) is 0 Å². The molecule has 3 rings (SSSR count). The summed E-state index contributed by atoms with van der Waals surface area (Å²) in [4.78, 5) is 35.0. The smallest absolute Gasteiger partial charge is 0.330 e. The summed E-state index contributed by atoms with van der Waals surface area (Å²) >= 11 is 1.52. The van der Waals surface area contributed by atoms with Gasteiger partial charge in [-0.05, 0) is 35.9 Å². The van der Waals surface area contributed by atoms with E-state index in [0.717, 1.165) is 11.3 Å². The molecule has 0 saturated carbocycles. The van der Waals surface area contributed by atoms with E-state index in [-0.39, 0.29) is 12.3 Å². The summed E-state index contributed by atoms with van der Waals surface area (Å²) in [6, 6.07) is 4.91. The lowest BCUT2D eigenvalue weighted by atomic mass is 9.98. The quantitative estimate of drug-likeness (QED) is 0.770. The Balaban J connectivity index is 1.81. The van der Waals surface area contributed by atoms with Crippen molar-refractivity contribution in [2.24, 2.45) is 0 Å². The molecule has 0 aromatic heterocycles. The number of aliphatic carboxylic acids is 1. The molecule has 1 atom stereocenters. The number of carbonyl (C=O) groups excluding carboxylic acids is 2. The fourth-order valence-corrected chi connectivity index (χ4v) is 3.87. The minimum Gasteiger partial charge on any atom is -0.479 e. The number of carbonyl (C=O) groups is 3. The van der Waals surface area contributed by atoms with Crippen LogP contribution in [-0.4, -0.2) is 39.9 Å². The van der Waals surface area contributed by atoms with Crippen molar-refractivity contribution in [3.05, 3.63) is 29.3 Å². The Labute approximate surface area is 125 Å². The summed E-state index contributed by atoms with van der Waals surface area (Å²) in [6.45, 7) is 0. The zero-order valence-corrected chi connectivity index (χ0v) is 12.0. The normalized spacial score (nSPS) is 23.5. The van der Waals surface area contributed by atoms with Crippen LogP contribution < -0.4 is 10.6 Å². The Morgan fingerprint density at radius 3 is 2.86 bits per heavy atom. The monoisotopic (exact) mass is 306 g/mol. The van der Waals surface area contributed by atoms with E-state index in [1.807, 2.05) is 0 Å². The lowest BCUT2D eigenvalue weighted by Crippen LogP contribution is -2.54. The summed E-state index contributed by atoms with van der Waals surface area (Å²) < 4.78 is 0. The zero-order valence-electron chi connectivity index (χ0n) is 11.1. The fraction of sp³-hybridized carbons (Fsp3) is 0.357. The molecule has 0 spiro atoms. The average molecular weight is 306 g/mol. The molecule has 1 saturated heterocycles. The van der Waals surface area contributed by atoms with Gasteiger partial charge in [0.15, 0.2) is 0 Å². The molecule has 2 aliphatic rings. The van der Waals surface area contributed by atoms with Crippen LogP contribution in [0.5, 0.6) is 0 Å². The second kappa shape index (κ2) is 5.07. The average Bonchev–Trinajstić information content (AvgIpc) is 3.03. The van der Waals surface area contributed by atoms with Crippen LogP contribution in [0.3, 0.4) is 0 Å². The highest BCUT2D eigenvalue weighted by atomic mass is 32.2. The highest BCUT2D eigenvalue weighted by Gasteiger charge is 2.43. The first-order valence-electron chi connectivity index (χ1n) is 6.57. The van der Waals surface area contributed by atoms with Crippen LogP contribution in [0.4, 0.5) is 5.69 Å². The van der Waals surface area contributed by atoms with Gasteiger partial charge in [-0.3, -0.25) is 9.59 Å². The molecule has 1 fully saturated rings. The number of nitrogens with one attached hydrogen (secondary N) is 2. The minimum atomic E-state index is -1.19. The molecule has 2 aliphatic heterocycles. The van der Waals surface area contributed by atoms with Crippen LogP contribution in [-0.2, 0) is 16.0 Å². The summed E-state index contributed by atoms with van der Waals surface area (Å²) in [6.07, 6.45) is 0.667. The van der Waals surface area contributed by atoms with Gasteiger partial charge in [0, 0.05) is 17.0 Å². The van der Waals surface area contributed by atoms with Crippen molar-refractivity contribution in [2.45, 2.75) is 18.4 Å². The van der Waals surface area contributed by atoms with Crippen LogP contribution in [0.1, 0.15) is 22.3 Å². The number of thioether (sulfide) groups is 1. The molecule has 110 valence electrons. The minimum absolute atomic E-state index is 0.100. The molecule has 2 amide bonds. The third-order valence-corrected chi connectivity index (χ3v) is 4.97. The van der Waals surface area contributed by atoms with E-state index in [2.05, 4.69) is 10.6 Å². The Morgan fingerprint density at radius 1 is 1.38 bits per heavy atom. The molecule has 1 aromatic rings. The molecule has 2 heterocycles. The predicted octanol–water partition coefficient (Wildman–Crippen LogP) is 0.871. The maximum Gasteiger partial charge on any atom is 0.330 e. The summed E-state index contributed by atoms with van der Waals surface area (Å²) in [5.41, 5.74) is 0.663. The topological polar surface area (TPSA) is 95.5 Å². The van der Waals surface area contributed by atoms with E-state index in [1.165, 1.54) is 11.8 Å². The van der Waals surface area contributed by atoms with Gasteiger partial charge < -0.3 is 15.7 Å². The largest absolute Gasteiger partial charge is 0.479 e. The predicted molar refractivity (Wildman–Crippen MR) is 78.6 cm³/mol. The van der Waals surface area contributed by atoms with Crippen molar-refractivity contribution in [3.63, 3.8) is 0 Å². The lowest BCUT2D eigenvalue weighted by molar-refractivity contribution is -0.143. The van der Waals surface area contributed by atoms with Crippen molar-refractivity contribution < 1.29 is 19.5 Å². The summed E-state index contributed by atoms with van der Waals surface area (Å²) in [7, 11) is 0. The fourth-order valence-electron chi connectivity index (χ4n) is 2.55. The Kier molecular flexibility index (Phi) is 3.36. The van der Waals surface area contributed by atoms with Crippen LogP contribution in [0, 0.1) is 0 Å². The number of hydrogen-bond acceptors (Lipinski definition) is 4. The molecule has 1 unspecified atom stereocenters. The number of carboxylic acids is 1. The third-order valence-electron chi connectivity index (χ3n) is 3.78. The maximum absolute atomic E-state index is 12.3. The highest BCUT2D eigenvalue weighted by molar-refractivity contribution is 7.99. The number of fused-ring (bicyclic) bond motifs is 1. The molecule has 0 radical (unpaired) electrons. The first-order valence-corrected chi connectivity index (χ1v) is 7.72. The van der Waals surface area contributed by atoms with Crippen LogP contribution in [0.15, 0.2) is 18.2 Å². The van der Waals surface area contributed by atoms with E-state index in [4.69, 9.17) is 0 Å². The number of amides is 2. The number of carboxylic acid groups (broad SMARTS) is 1. The Bertz CT molecular complexity index is 638. The molecule has 0 bridgehead atoms. The van der Waals surface area contributed by atoms with E-state index in [9.17, 15) is 19.5 Å². The second-order valence-corrected chi connectivity index (χ2v) is 6.35. The Hall–Kier alpha value is -2.02. The van der Waals surface area contributed by atoms with Crippen molar-refractivity contribution in [1.82, 2.24) is 5.32 Å². The van der Waals surface area contributed by atoms with Crippen molar-refractivity contribution >= 4 is 35.2 Å². The van der Waals surface area contributed by atoms with Gasteiger partial charge >= 0.3 is 5.97 Å². The van der Waals surface area contributed by atoms with Crippen molar-refractivity contribution in [1.29, 1.82) is 0 Å². The number of hydrogen-bond donors (Lipinski definition) is 3. The third kappa shape index (κ3) is 2.49. The molecular weight excluding hydrogens is 292 g/mol. The number of benzene rings is 1. The molecule has 21 heavy (non-hydrogen) atoms. The molecule has 7 heteroatoms. The van der Waals surface area contributed by atoms with E-state index in [1.54, 1.807) is 18.2 Å². The van der Waals surface area contributed by atoms with Crippen LogP contribution >= 0.6 is 11.8 Å². The lowest BCUT2D eigenvalue weighted by Gasteiger charge is -2.24. The zero-order chi connectivity index (χ0) is 15.0. The maximum atomic E-state index is 12.3. The van der Waals surface area contributed by atoms with Gasteiger partial charge in [0.25, 0.3) is 5.91 Å². The first-order chi connectivity index (χ1) is 10.00. The number of rotatable bonds is 3. The second-order valence-electron chi connectivity index (χ2n) is 5.24. The Morgan fingerprint density at radius 2 is 2.19 bits per heavy atom. The first kappa shape index (κ1) is 13.9. The van der Waals surface area contributed by atoms with E-state index >= 15 is 0 Å². The summed E-state index contributed by atoms with van der Waals surface area (Å²) in [5, 5.41) is 14.7. The molecule has 1 aromatic carbocycles. The highest BCUT2D eigenvalue weighted by Crippen LogP contribution is 2.29. The van der Waals surface area contributed by atoms with Gasteiger partial charge in [0.05, 0.1) is 6.42 Å². The molecule has 3 N–H and O–H groups in total. The van der Waals surface area contributed by atoms with Gasteiger partial charge in [0.1, 0.15) is 5.54 Å². The van der Waals surface area contributed by atoms with E-state index in [0.29, 0.717) is 23.4 Å². The molecule has 6 nitrogen and oxygen atoms in total. The summed E-state index contributed by atoms with van der Waals surface area (Å²) in [5.74, 6) is -0.425. The van der Waals surface area contributed by atoms with Gasteiger partial charge in [0.2, 0.25) is 5.91 Å². The molecular formula is C14H14N2O4S. The number of anilines is 1.